The molecule has 3 aliphatic heterocycles. The quantitative estimate of drug-likeness (QED) is 0.384. The fraction of sp³-hybridized carbons (Fsp3) is 0.571. The molecule has 0 aromatic heterocycles. The summed E-state index contributed by atoms with van der Waals surface area (Å²) >= 11 is 0. The van der Waals surface area contributed by atoms with Gasteiger partial charge in [-0.3, -0.25) is 0 Å². The summed E-state index contributed by atoms with van der Waals surface area (Å²) in [7, 11) is -2.68. The second kappa shape index (κ2) is 15.8. The van der Waals surface area contributed by atoms with Gasteiger partial charge in [-0.1, -0.05) is 56.3 Å². The molecule has 11 nitrogen and oxygen atoms in total. The second-order valence-corrected chi connectivity index (χ2v) is 15.2. The second-order valence-electron chi connectivity index (χ2n) is 13.3. The Labute approximate surface area is 278 Å². The van der Waals surface area contributed by atoms with E-state index in [9.17, 15) is 18.3 Å². The predicted molar refractivity (Wildman–Crippen MR) is 176 cm³/mol. The van der Waals surface area contributed by atoms with Crippen molar-refractivity contribution in [2.24, 2.45) is 11.3 Å². The van der Waals surface area contributed by atoms with E-state index >= 15 is 0 Å². The molecule has 0 aliphatic carbocycles. The molecular weight excluding hydrogens is 624 g/mol. The van der Waals surface area contributed by atoms with E-state index in [-0.39, 0.29) is 49.0 Å². The number of carbonyl (C=O) groups excluding carboxylic acids is 1. The summed E-state index contributed by atoms with van der Waals surface area (Å²) in [5.74, 6) is 0.630. The van der Waals surface area contributed by atoms with Crippen LogP contribution in [0.4, 0.5) is 4.79 Å². The number of aliphatic hydroxyl groups is 1. The number of allylic oxidation sites excluding steroid dienone is 2. The van der Waals surface area contributed by atoms with Crippen LogP contribution in [-0.4, -0.2) is 88.5 Å². The predicted octanol–water partition coefficient (Wildman–Crippen LogP) is 4.68. The van der Waals surface area contributed by atoms with E-state index in [1.807, 2.05) is 44.2 Å². The van der Waals surface area contributed by atoms with Crippen molar-refractivity contribution in [3.8, 4) is 11.5 Å². The lowest BCUT2D eigenvalue weighted by Crippen LogP contribution is -2.52. The molecule has 0 unspecified atom stereocenters. The molecule has 0 saturated carbocycles. The summed E-state index contributed by atoms with van der Waals surface area (Å²) in [5, 5.41) is 14.6. The molecule has 2 saturated heterocycles. The highest BCUT2D eigenvalue weighted by Crippen LogP contribution is 2.35. The number of sulfonamides is 1. The molecular formula is C35H48N2O9S. The lowest BCUT2D eigenvalue weighted by atomic mass is 9.88. The van der Waals surface area contributed by atoms with Crippen LogP contribution in [0.3, 0.4) is 0 Å². The van der Waals surface area contributed by atoms with Crippen molar-refractivity contribution < 1.29 is 42.0 Å². The van der Waals surface area contributed by atoms with E-state index in [0.29, 0.717) is 25.4 Å². The van der Waals surface area contributed by atoms with Crippen LogP contribution in [0.25, 0.3) is 0 Å². The number of methoxy groups -OCH3 is 1. The topological polar surface area (TPSA) is 133 Å². The van der Waals surface area contributed by atoms with E-state index in [1.165, 1.54) is 17.5 Å². The largest absolute Gasteiger partial charge is 0.497 e. The van der Waals surface area contributed by atoms with Crippen molar-refractivity contribution in [1.82, 2.24) is 9.62 Å². The van der Waals surface area contributed by atoms with Crippen LogP contribution in [0.15, 0.2) is 65.6 Å². The average molecular weight is 673 g/mol. The Morgan fingerprint density at radius 2 is 1.91 bits per heavy atom. The molecule has 2 fully saturated rings. The molecule has 2 N–H and O–H groups in total. The van der Waals surface area contributed by atoms with Gasteiger partial charge in [-0.2, -0.15) is 4.31 Å². The first-order chi connectivity index (χ1) is 22.6. The highest BCUT2D eigenvalue weighted by Gasteiger charge is 2.44. The number of aliphatic hydroxyl groups excluding tert-OH is 1. The molecule has 0 radical (unpaired) electrons. The number of hydrogen-bond donors (Lipinski definition) is 2. The summed E-state index contributed by atoms with van der Waals surface area (Å²) in [6.07, 6.45) is 5.59. The molecule has 47 heavy (non-hydrogen) atoms. The van der Waals surface area contributed by atoms with Crippen molar-refractivity contribution >= 4 is 16.1 Å². The third kappa shape index (κ3) is 9.26. The highest BCUT2D eigenvalue weighted by atomic mass is 32.2. The normalized spacial score (nSPS) is 26.4. The van der Waals surface area contributed by atoms with Gasteiger partial charge < -0.3 is 34.1 Å². The minimum atomic E-state index is -4.19. The Morgan fingerprint density at radius 3 is 2.70 bits per heavy atom. The van der Waals surface area contributed by atoms with Gasteiger partial charge in [0.2, 0.25) is 10.0 Å². The summed E-state index contributed by atoms with van der Waals surface area (Å²) in [4.78, 5) is 13.2. The van der Waals surface area contributed by atoms with Gasteiger partial charge in [-0.15, -0.1) is 0 Å². The zero-order valence-electron chi connectivity index (χ0n) is 27.5. The number of alkyl carbamates (subject to hydrolysis) is 1. The number of hydrogen-bond acceptors (Lipinski definition) is 9. The molecule has 0 spiro atoms. The standard InChI is InChI=1S/C35H48N2O9S/c1-35(2)17-10-5-4-6-11-18-43-30-21-26(42-3)14-15-32(30)47(40,41)37(24-35)22-29(38)28(20-25-12-8-7-9-13-25)36-34(39)46-31-23-45-33-27(31)16-19-44-33/h5,7-10,12-15,21,27-29,31,33,38H,4,6,11,16-20,22-24H2,1-3H3,(H,36,39)/b10-5-/t27-,28-,29+,31+,33+/m0/s1. The summed E-state index contributed by atoms with van der Waals surface area (Å²) in [6, 6.07) is 13.2. The van der Waals surface area contributed by atoms with Crippen molar-refractivity contribution in [2.75, 3.05) is 40.0 Å². The van der Waals surface area contributed by atoms with Crippen molar-refractivity contribution in [1.29, 1.82) is 0 Å². The summed E-state index contributed by atoms with van der Waals surface area (Å²) in [5.41, 5.74) is 0.398. The molecule has 5 rings (SSSR count). The Bertz CT molecular complexity index is 1470. The number of benzene rings is 2. The number of nitrogens with one attached hydrogen (secondary N) is 1. The fourth-order valence-corrected chi connectivity index (χ4v) is 8.05. The van der Waals surface area contributed by atoms with E-state index in [0.717, 1.165) is 31.2 Å². The van der Waals surface area contributed by atoms with Crippen LogP contribution >= 0.6 is 0 Å². The first kappa shape index (κ1) is 35.2. The molecule has 1 amide bonds. The van der Waals surface area contributed by atoms with Gasteiger partial charge in [-0.25, -0.2) is 13.2 Å². The van der Waals surface area contributed by atoms with Gasteiger partial charge in [0, 0.05) is 19.2 Å². The van der Waals surface area contributed by atoms with Crippen molar-refractivity contribution in [3.05, 3.63) is 66.2 Å². The van der Waals surface area contributed by atoms with Gasteiger partial charge >= 0.3 is 6.09 Å². The summed E-state index contributed by atoms with van der Waals surface area (Å²) < 4.78 is 58.6. The smallest absolute Gasteiger partial charge is 0.407 e. The molecule has 3 heterocycles. The lowest BCUT2D eigenvalue weighted by molar-refractivity contribution is -0.0907. The number of nitrogens with zero attached hydrogens (tertiary/aromatic N) is 1. The minimum Gasteiger partial charge on any atom is -0.497 e. The molecule has 3 aliphatic rings. The number of carbonyl (C=O) groups is 1. The number of amides is 1. The Kier molecular flexibility index (Phi) is 11.8. The zero-order chi connectivity index (χ0) is 33.4. The van der Waals surface area contributed by atoms with Crippen LogP contribution in [0.5, 0.6) is 11.5 Å². The van der Waals surface area contributed by atoms with Gasteiger partial charge in [0.05, 0.1) is 45.0 Å². The first-order valence-corrected chi connectivity index (χ1v) is 17.9. The maximum atomic E-state index is 14.5. The molecule has 2 aromatic carbocycles. The van der Waals surface area contributed by atoms with Gasteiger partial charge in [-0.05, 0) is 61.6 Å². The van der Waals surface area contributed by atoms with Gasteiger partial charge in [0.15, 0.2) is 6.29 Å². The van der Waals surface area contributed by atoms with Crippen LogP contribution in [0.1, 0.15) is 51.5 Å². The number of rotatable bonds is 8. The number of β-amino-alcohol motifs (C(OH)–C–C–N with tert-alkyl or cyclic N) is 1. The Balaban J connectivity index is 1.42. The van der Waals surface area contributed by atoms with Crippen molar-refractivity contribution in [2.45, 2.75) is 81.8 Å². The van der Waals surface area contributed by atoms with E-state index in [1.54, 1.807) is 12.1 Å². The van der Waals surface area contributed by atoms with Crippen LogP contribution in [0.2, 0.25) is 0 Å². The minimum absolute atomic E-state index is 0.00421. The van der Waals surface area contributed by atoms with Crippen LogP contribution in [-0.2, 0) is 30.7 Å². The molecule has 2 aromatic rings. The highest BCUT2D eigenvalue weighted by molar-refractivity contribution is 7.89. The molecule has 12 heteroatoms. The SMILES string of the molecule is COc1ccc2c(c1)OCCCC/C=C\CC(C)(C)CN(C[C@@H](O)[C@H](Cc1ccccc1)NC(=O)O[C@@H]1CO[C@H]3OCC[C@H]31)S2(=O)=O. The third-order valence-corrected chi connectivity index (χ3v) is 10.8. The average Bonchev–Trinajstić information content (AvgIpc) is 3.66. The maximum absolute atomic E-state index is 14.5. The van der Waals surface area contributed by atoms with Gasteiger partial charge in [0.1, 0.15) is 22.5 Å². The maximum Gasteiger partial charge on any atom is 0.407 e. The van der Waals surface area contributed by atoms with E-state index < -0.39 is 39.8 Å². The molecule has 0 bridgehead atoms. The third-order valence-electron chi connectivity index (χ3n) is 8.93. The monoisotopic (exact) mass is 672 g/mol. The number of ether oxygens (including phenoxy) is 5. The first-order valence-electron chi connectivity index (χ1n) is 16.4. The van der Waals surface area contributed by atoms with E-state index in [4.69, 9.17) is 23.7 Å². The van der Waals surface area contributed by atoms with E-state index in [2.05, 4.69) is 17.5 Å². The Hall–Kier alpha value is -3.16. The lowest BCUT2D eigenvalue weighted by Gasteiger charge is -2.35. The van der Waals surface area contributed by atoms with Crippen LogP contribution < -0.4 is 14.8 Å². The molecule has 5 atom stereocenters. The zero-order valence-corrected chi connectivity index (χ0v) is 28.3. The van der Waals surface area contributed by atoms with Gasteiger partial charge in [0.25, 0.3) is 0 Å². The number of fused-ring (bicyclic) bond motifs is 2. The molecule has 258 valence electrons. The Morgan fingerprint density at radius 1 is 1.11 bits per heavy atom. The fourth-order valence-electron chi connectivity index (χ4n) is 6.29. The van der Waals surface area contributed by atoms with Crippen LogP contribution in [0, 0.1) is 11.3 Å². The summed E-state index contributed by atoms with van der Waals surface area (Å²) in [6.45, 7) is 4.98. The van der Waals surface area contributed by atoms with Crippen molar-refractivity contribution in [3.63, 3.8) is 0 Å².